The number of hydrogen-bond acceptors (Lipinski definition) is 3. The molecule has 0 aromatic carbocycles. The van der Waals surface area contributed by atoms with Crippen LogP contribution >= 0.6 is 11.8 Å². The van der Waals surface area contributed by atoms with Gasteiger partial charge in [-0.05, 0) is 37.4 Å². The monoisotopic (exact) mass is 215 g/mol. The van der Waals surface area contributed by atoms with E-state index in [-0.39, 0.29) is 10.9 Å². The average Bonchev–Trinajstić information content (AvgIpc) is 3.01. The van der Waals surface area contributed by atoms with Crippen molar-refractivity contribution in [2.45, 2.75) is 43.5 Å². The van der Waals surface area contributed by atoms with Crippen LogP contribution in [-0.4, -0.2) is 27.7 Å². The van der Waals surface area contributed by atoms with Crippen LogP contribution in [0.1, 0.15) is 32.6 Å². The number of rotatable bonds is 3. The van der Waals surface area contributed by atoms with Gasteiger partial charge in [0.15, 0.2) is 0 Å². The van der Waals surface area contributed by atoms with E-state index in [9.17, 15) is 4.79 Å². The highest BCUT2D eigenvalue weighted by Crippen LogP contribution is 2.49. The van der Waals surface area contributed by atoms with Crippen LogP contribution in [0.2, 0.25) is 0 Å². The SMILES string of the molecule is CCC1(C2CC2)NC(C(=O)O)CCS1. The lowest BCUT2D eigenvalue weighted by Crippen LogP contribution is -2.55. The van der Waals surface area contributed by atoms with Crippen LogP contribution in [0, 0.1) is 5.92 Å². The molecule has 0 spiro atoms. The Bertz CT molecular complexity index is 242. The largest absolute Gasteiger partial charge is 0.480 e. The highest BCUT2D eigenvalue weighted by molar-refractivity contribution is 8.00. The molecule has 0 aromatic rings. The second-order valence-electron chi connectivity index (χ2n) is 4.19. The second kappa shape index (κ2) is 3.74. The summed E-state index contributed by atoms with van der Waals surface area (Å²) in [4.78, 5) is 11.0. The molecule has 0 radical (unpaired) electrons. The van der Waals surface area contributed by atoms with E-state index in [4.69, 9.17) is 5.11 Å². The third-order valence-electron chi connectivity index (χ3n) is 3.24. The van der Waals surface area contributed by atoms with Crippen molar-refractivity contribution in [3.63, 3.8) is 0 Å². The molecule has 0 bridgehead atoms. The average molecular weight is 215 g/mol. The number of thioether (sulfide) groups is 1. The fourth-order valence-corrected chi connectivity index (χ4v) is 3.85. The maximum Gasteiger partial charge on any atom is 0.320 e. The van der Waals surface area contributed by atoms with Crippen LogP contribution in [0.15, 0.2) is 0 Å². The highest BCUT2D eigenvalue weighted by Gasteiger charge is 2.48. The van der Waals surface area contributed by atoms with Crippen molar-refractivity contribution < 1.29 is 9.90 Å². The number of carboxylic acids is 1. The molecule has 1 heterocycles. The fourth-order valence-electron chi connectivity index (χ4n) is 2.23. The molecule has 2 rings (SSSR count). The van der Waals surface area contributed by atoms with E-state index in [1.54, 1.807) is 0 Å². The lowest BCUT2D eigenvalue weighted by molar-refractivity contribution is -0.140. The first-order valence-electron chi connectivity index (χ1n) is 5.32. The predicted octanol–water partition coefficient (Wildman–Crippen LogP) is 1.68. The van der Waals surface area contributed by atoms with Gasteiger partial charge in [-0.25, -0.2) is 0 Å². The zero-order chi connectivity index (χ0) is 10.2. The van der Waals surface area contributed by atoms with E-state index < -0.39 is 5.97 Å². The van der Waals surface area contributed by atoms with Crippen molar-refractivity contribution in [2.24, 2.45) is 5.92 Å². The summed E-state index contributed by atoms with van der Waals surface area (Å²) in [5, 5.41) is 12.3. The Morgan fingerprint density at radius 2 is 2.29 bits per heavy atom. The van der Waals surface area contributed by atoms with Crippen molar-refractivity contribution in [2.75, 3.05) is 5.75 Å². The molecular formula is C10H17NO2S. The number of carbonyl (C=O) groups is 1. The van der Waals surface area contributed by atoms with Gasteiger partial charge in [-0.15, -0.1) is 11.8 Å². The topological polar surface area (TPSA) is 49.3 Å². The van der Waals surface area contributed by atoms with Crippen molar-refractivity contribution in [1.29, 1.82) is 0 Å². The molecule has 14 heavy (non-hydrogen) atoms. The second-order valence-corrected chi connectivity index (χ2v) is 5.62. The van der Waals surface area contributed by atoms with Gasteiger partial charge in [-0.1, -0.05) is 6.92 Å². The van der Waals surface area contributed by atoms with Crippen LogP contribution in [0.25, 0.3) is 0 Å². The molecule has 80 valence electrons. The van der Waals surface area contributed by atoms with Gasteiger partial charge in [-0.2, -0.15) is 0 Å². The Morgan fingerprint density at radius 3 is 2.79 bits per heavy atom. The molecule has 2 aliphatic rings. The highest BCUT2D eigenvalue weighted by atomic mass is 32.2. The van der Waals surface area contributed by atoms with Gasteiger partial charge in [0.05, 0.1) is 4.87 Å². The van der Waals surface area contributed by atoms with Crippen LogP contribution in [-0.2, 0) is 4.79 Å². The van der Waals surface area contributed by atoms with E-state index in [0.717, 1.165) is 18.6 Å². The first-order valence-corrected chi connectivity index (χ1v) is 6.31. The van der Waals surface area contributed by atoms with E-state index in [2.05, 4.69) is 12.2 Å². The summed E-state index contributed by atoms with van der Waals surface area (Å²) in [6.07, 6.45) is 4.32. The molecule has 4 heteroatoms. The Morgan fingerprint density at radius 1 is 1.57 bits per heavy atom. The lowest BCUT2D eigenvalue weighted by Gasteiger charge is -2.40. The quantitative estimate of drug-likeness (QED) is 0.752. The van der Waals surface area contributed by atoms with Crippen molar-refractivity contribution in [3.8, 4) is 0 Å². The summed E-state index contributed by atoms with van der Waals surface area (Å²) >= 11 is 1.93. The smallest absolute Gasteiger partial charge is 0.320 e. The summed E-state index contributed by atoms with van der Waals surface area (Å²) in [7, 11) is 0. The van der Waals surface area contributed by atoms with Gasteiger partial charge in [0.2, 0.25) is 0 Å². The minimum absolute atomic E-state index is 0.0707. The van der Waals surface area contributed by atoms with Crippen molar-refractivity contribution >= 4 is 17.7 Å². The molecule has 2 N–H and O–H groups in total. The first-order chi connectivity index (χ1) is 6.68. The summed E-state index contributed by atoms with van der Waals surface area (Å²) in [6, 6.07) is -0.322. The van der Waals surface area contributed by atoms with Gasteiger partial charge >= 0.3 is 5.97 Å². The number of aliphatic carboxylic acids is 1. The molecule has 1 saturated carbocycles. The molecule has 0 amide bonds. The number of carboxylic acid groups (broad SMARTS) is 1. The number of hydrogen-bond donors (Lipinski definition) is 2. The zero-order valence-corrected chi connectivity index (χ0v) is 9.27. The minimum atomic E-state index is -0.691. The van der Waals surface area contributed by atoms with E-state index in [1.807, 2.05) is 11.8 Å². The summed E-state index contributed by atoms with van der Waals surface area (Å²) in [5.41, 5.74) is 0. The van der Waals surface area contributed by atoms with Crippen LogP contribution in [0.4, 0.5) is 0 Å². The molecule has 3 nitrogen and oxygen atoms in total. The van der Waals surface area contributed by atoms with Crippen molar-refractivity contribution in [1.82, 2.24) is 5.32 Å². The summed E-state index contributed by atoms with van der Waals surface area (Å²) < 4.78 is 0. The van der Waals surface area contributed by atoms with Crippen LogP contribution in [0.5, 0.6) is 0 Å². The van der Waals surface area contributed by atoms with Gasteiger partial charge < -0.3 is 5.11 Å². The number of nitrogens with one attached hydrogen (secondary N) is 1. The zero-order valence-electron chi connectivity index (χ0n) is 8.45. The lowest BCUT2D eigenvalue weighted by atomic mass is 10.1. The summed E-state index contributed by atoms with van der Waals surface area (Å²) in [6.45, 7) is 2.16. The standard InChI is InChI=1S/C10H17NO2S/c1-2-10(7-3-4-7)11-8(9(12)13)5-6-14-10/h7-8,11H,2-6H2,1H3,(H,12,13). The Labute approximate surface area is 88.6 Å². The maximum atomic E-state index is 10.9. The molecule has 2 atom stereocenters. The van der Waals surface area contributed by atoms with E-state index in [0.29, 0.717) is 5.92 Å². The first kappa shape index (κ1) is 10.3. The molecule has 2 unspecified atom stereocenters. The molecule has 1 saturated heterocycles. The molecule has 2 fully saturated rings. The molecule has 0 aromatic heterocycles. The third-order valence-corrected chi connectivity index (χ3v) is 4.94. The van der Waals surface area contributed by atoms with Gasteiger partial charge in [0.25, 0.3) is 0 Å². The summed E-state index contributed by atoms with van der Waals surface area (Å²) in [5.74, 6) is 0.998. The normalized spacial score (nSPS) is 38.2. The minimum Gasteiger partial charge on any atom is -0.480 e. The molecular weight excluding hydrogens is 198 g/mol. The Balaban J connectivity index is 2.06. The fraction of sp³-hybridized carbons (Fsp3) is 0.900. The van der Waals surface area contributed by atoms with Gasteiger partial charge in [0, 0.05) is 0 Å². The molecule has 1 aliphatic heterocycles. The predicted molar refractivity (Wildman–Crippen MR) is 57.4 cm³/mol. The van der Waals surface area contributed by atoms with Crippen LogP contribution < -0.4 is 5.32 Å². The Kier molecular flexibility index (Phi) is 2.75. The van der Waals surface area contributed by atoms with Gasteiger partial charge in [-0.3, -0.25) is 10.1 Å². The molecule has 1 aliphatic carbocycles. The van der Waals surface area contributed by atoms with Crippen molar-refractivity contribution in [3.05, 3.63) is 0 Å². The van der Waals surface area contributed by atoms with E-state index in [1.165, 1.54) is 12.8 Å². The van der Waals surface area contributed by atoms with Gasteiger partial charge in [0.1, 0.15) is 6.04 Å². The van der Waals surface area contributed by atoms with Crippen LogP contribution in [0.3, 0.4) is 0 Å². The third kappa shape index (κ3) is 1.77. The van der Waals surface area contributed by atoms with E-state index >= 15 is 0 Å². The maximum absolute atomic E-state index is 10.9. The Hall–Kier alpha value is -0.220.